The lowest BCUT2D eigenvalue weighted by atomic mass is 10.2. The average Bonchev–Trinajstić information content (AvgIpc) is 2.82. The molecule has 4 heteroatoms. The number of halogens is 1. The molecule has 0 aliphatic heterocycles. The van der Waals surface area contributed by atoms with Gasteiger partial charge in [-0.25, -0.2) is 0 Å². The van der Waals surface area contributed by atoms with Crippen molar-refractivity contribution in [3.63, 3.8) is 0 Å². The molecule has 3 aromatic rings. The van der Waals surface area contributed by atoms with Gasteiger partial charge in [-0.15, -0.1) is 0 Å². The van der Waals surface area contributed by atoms with E-state index in [1.807, 2.05) is 42.7 Å². The quantitative estimate of drug-likeness (QED) is 0.728. The van der Waals surface area contributed by atoms with Gasteiger partial charge in [-0.2, -0.15) is 0 Å². The summed E-state index contributed by atoms with van der Waals surface area (Å²) in [4.78, 5) is 4.29. The van der Waals surface area contributed by atoms with Crippen LogP contribution in [0.25, 0.3) is 10.9 Å². The molecule has 0 radical (unpaired) electrons. The molecule has 2 aromatic heterocycles. The number of fused-ring (bicyclic) bond motifs is 1. The van der Waals surface area contributed by atoms with Crippen LogP contribution in [-0.2, 0) is 13.1 Å². The van der Waals surface area contributed by atoms with Gasteiger partial charge in [-0.3, -0.25) is 4.98 Å². The summed E-state index contributed by atoms with van der Waals surface area (Å²) in [6.07, 6.45) is 3.81. The maximum Gasteiger partial charge on any atom is 0.0661 e. The maximum atomic E-state index is 6.24. The minimum absolute atomic E-state index is 0.785. The minimum atomic E-state index is 0.785. The summed E-state index contributed by atoms with van der Waals surface area (Å²) in [5.74, 6) is 0. The molecule has 0 bridgehead atoms. The van der Waals surface area contributed by atoms with E-state index in [9.17, 15) is 0 Å². The Labute approximate surface area is 123 Å². The van der Waals surface area contributed by atoms with Gasteiger partial charge in [-0.1, -0.05) is 35.9 Å². The van der Waals surface area contributed by atoms with E-state index in [1.54, 1.807) is 0 Å². The monoisotopic (exact) mass is 285 g/mol. The number of nitrogens with zero attached hydrogens (tertiary/aromatic N) is 2. The normalized spacial score (nSPS) is 11.1. The first-order chi connectivity index (χ1) is 9.84. The number of hydrogen-bond acceptors (Lipinski definition) is 2. The van der Waals surface area contributed by atoms with E-state index in [0.717, 1.165) is 35.7 Å². The highest BCUT2D eigenvalue weighted by Crippen LogP contribution is 2.25. The first-order valence-corrected chi connectivity index (χ1v) is 7.06. The van der Waals surface area contributed by atoms with Crippen LogP contribution >= 0.6 is 11.6 Å². The molecule has 1 aromatic carbocycles. The SMILES string of the molecule is Clc1cn(CCNCc2ccccn2)c2ccccc12. The van der Waals surface area contributed by atoms with Crippen molar-refractivity contribution < 1.29 is 0 Å². The fraction of sp³-hybridized carbons (Fsp3) is 0.188. The Hall–Kier alpha value is -1.84. The Bertz CT molecular complexity index is 691. The van der Waals surface area contributed by atoms with E-state index >= 15 is 0 Å². The Morgan fingerprint density at radius 1 is 1.10 bits per heavy atom. The van der Waals surface area contributed by atoms with Crippen molar-refractivity contribution in [3.05, 3.63) is 65.6 Å². The molecule has 0 fully saturated rings. The number of benzene rings is 1. The summed E-state index contributed by atoms with van der Waals surface area (Å²) in [5.41, 5.74) is 2.24. The van der Waals surface area contributed by atoms with Crippen molar-refractivity contribution in [2.45, 2.75) is 13.1 Å². The van der Waals surface area contributed by atoms with Crippen molar-refractivity contribution >= 4 is 22.5 Å². The van der Waals surface area contributed by atoms with Crippen molar-refractivity contribution in [1.82, 2.24) is 14.9 Å². The summed E-state index contributed by atoms with van der Waals surface area (Å²) in [6.45, 7) is 2.55. The van der Waals surface area contributed by atoms with Gasteiger partial charge in [0.15, 0.2) is 0 Å². The standard InChI is InChI=1S/C16H16ClN3/c17-15-12-20(16-7-2-1-6-14(15)16)10-9-18-11-13-5-3-4-8-19-13/h1-8,12,18H,9-11H2. The molecule has 0 aliphatic rings. The highest BCUT2D eigenvalue weighted by atomic mass is 35.5. The first-order valence-electron chi connectivity index (χ1n) is 6.68. The fourth-order valence-corrected chi connectivity index (χ4v) is 2.58. The van der Waals surface area contributed by atoms with Crippen molar-refractivity contribution in [1.29, 1.82) is 0 Å². The largest absolute Gasteiger partial charge is 0.345 e. The van der Waals surface area contributed by atoms with Crippen LogP contribution in [0.3, 0.4) is 0 Å². The number of hydrogen-bond donors (Lipinski definition) is 1. The van der Waals surface area contributed by atoms with Crippen molar-refractivity contribution in [3.8, 4) is 0 Å². The summed E-state index contributed by atoms with van der Waals surface area (Å²) < 4.78 is 2.18. The van der Waals surface area contributed by atoms with Gasteiger partial charge < -0.3 is 9.88 Å². The second kappa shape index (κ2) is 6.07. The van der Waals surface area contributed by atoms with Crippen LogP contribution in [-0.4, -0.2) is 16.1 Å². The van der Waals surface area contributed by atoms with E-state index in [-0.39, 0.29) is 0 Å². The topological polar surface area (TPSA) is 29.9 Å². The third kappa shape index (κ3) is 2.84. The highest BCUT2D eigenvalue weighted by Gasteiger charge is 2.05. The molecular weight excluding hydrogens is 270 g/mol. The predicted octanol–water partition coefficient (Wildman–Crippen LogP) is 3.48. The Morgan fingerprint density at radius 3 is 2.80 bits per heavy atom. The van der Waals surface area contributed by atoms with Crippen LogP contribution in [0, 0.1) is 0 Å². The molecule has 0 atom stereocenters. The zero-order valence-electron chi connectivity index (χ0n) is 11.1. The molecule has 0 unspecified atom stereocenters. The van der Waals surface area contributed by atoms with E-state index < -0.39 is 0 Å². The van der Waals surface area contributed by atoms with E-state index in [1.165, 1.54) is 5.52 Å². The van der Waals surface area contributed by atoms with Gasteiger partial charge in [0.05, 0.1) is 10.7 Å². The molecule has 3 nitrogen and oxygen atoms in total. The highest BCUT2D eigenvalue weighted by molar-refractivity contribution is 6.35. The third-order valence-corrected chi connectivity index (χ3v) is 3.60. The minimum Gasteiger partial charge on any atom is -0.345 e. The van der Waals surface area contributed by atoms with Crippen LogP contribution in [0.2, 0.25) is 5.02 Å². The molecule has 0 saturated carbocycles. The Morgan fingerprint density at radius 2 is 1.95 bits per heavy atom. The second-order valence-corrected chi connectivity index (χ2v) is 5.09. The van der Waals surface area contributed by atoms with Crippen LogP contribution in [0.1, 0.15) is 5.69 Å². The molecular formula is C16H16ClN3. The van der Waals surface area contributed by atoms with Gasteiger partial charge in [-0.05, 0) is 18.2 Å². The Balaban J connectivity index is 1.60. The van der Waals surface area contributed by atoms with Crippen LogP contribution in [0.4, 0.5) is 0 Å². The third-order valence-electron chi connectivity index (χ3n) is 3.30. The Kier molecular flexibility index (Phi) is 4.00. The van der Waals surface area contributed by atoms with E-state index in [4.69, 9.17) is 11.6 Å². The van der Waals surface area contributed by atoms with E-state index in [2.05, 4.69) is 27.0 Å². The van der Waals surface area contributed by atoms with Gasteiger partial charge in [0.25, 0.3) is 0 Å². The molecule has 2 heterocycles. The fourth-order valence-electron chi connectivity index (χ4n) is 2.31. The van der Waals surface area contributed by atoms with Crippen LogP contribution in [0.5, 0.6) is 0 Å². The zero-order valence-corrected chi connectivity index (χ0v) is 11.8. The lowest BCUT2D eigenvalue weighted by Gasteiger charge is -2.07. The molecule has 0 spiro atoms. The van der Waals surface area contributed by atoms with Gasteiger partial charge in [0.1, 0.15) is 0 Å². The molecule has 20 heavy (non-hydrogen) atoms. The molecule has 0 saturated heterocycles. The smallest absolute Gasteiger partial charge is 0.0661 e. The predicted molar refractivity (Wildman–Crippen MR) is 82.9 cm³/mol. The molecule has 102 valence electrons. The van der Waals surface area contributed by atoms with Gasteiger partial charge in [0, 0.05) is 42.9 Å². The second-order valence-electron chi connectivity index (χ2n) is 4.69. The lowest BCUT2D eigenvalue weighted by Crippen LogP contribution is -2.19. The average molecular weight is 286 g/mol. The number of pyridine rings is 1. The van der Waals surface area contributed by atoms with Crippen LogP contribution < -0.4 is 5.32 Å². The lowest BCUT2D eigenvalue weighted by molar-refractivity contribution is 0.603. The number of aromatic nitrogens is 2. The molecule has 1 N–H and O–H groups in total. The number of para-hydroxylation sites is 1. The first kappa shape index (κ1) is 13.2. The maximum absolute atomic E-state index is 6.24. The summed E-state index contributed by atoms with van der Waals surface area (Å²) in [7, 11) is 0. The molecule has 3 rings (SSSR count). The van der Waals surface area contributed by atoms with E-state index in [0.29, 0.717) is 0 Å². The molecule has 0 aliphatic carbocycles. The van der Waals surface area contributed by atoms with Crippen molar-refractivity contribution in [2.24, 2.45) is 0 Å². The van der Waals surface area contributed by atoms with Gasteiger partial charge >= 0.3 is 0 Å². The summed E-state index contributed by atoms with van der Waals surface area (Å²) in [5, 5.41) is 5.32. The number of rotatable bonds is 5. The molecule has 0 amide bonds. The zero-order chi connectivity index (χ0) is 13.8. The van der Waals surface area contributed by atoms with Crippen LogP contribution in [0.15, 0.2) is 54.9 Å². The number of nitrogens with one attached hydrogen (secondary N) is 1. The van der Waals surface area contributed by atoms with Crippen molar-refractivity contribution in [2.75, 3.05) is 6.54 Å². The summed E-state index contributed by atoms with van der Waals surface area (Å²) >= 11 is 6.24. The van der Waals surface area contributed by atoms with Gasteiger partial charge in [0.2, 0.25) is 0 Å². The summed E-state index contributed by atoms with van der Waals surface area (Å²) in [6, 6.07) is 14.2.